The molecule has 0 amide bonds. The lowest BCUT2D eigenvalue weighted by atomic mass is 9.91. The minimum absolute atomic E-state index is 0.132. The molecule has 0 aliphatic heterocycles. The van der Waals surface area contributed by atoms with Gasteiger partial charge in [0.05, 0.1) is 7.11 Å². The zero-order valence-electron chi connectivity index (χ0n) is 12.4. The molecule has 1 aromatic rings. The molecule has 0 spiro atoms. The summed E-state index contributed by atoms with van der Waals surface area (Å²) in [5, 5.41) is 20.1. The number of aliphatic hydroxyl groups excluding tert-OH is 1. The van der Waals surface area contributed by atoms with Gasteiger partial charge in [-0.3, -0.25) is 4.79 Å². The Morgan fingerprint density at radius 3 is 2.50 bits per heavy atom. The van der Waals surface area contributed by atoms with Crippen LogP contribution in [0.4, 0.5) is 0 Å². The van der Waals surface area contributed by atoms with Gasteiger partial charge in [0.25, 0.3) is 0 Å². The van der Waals surface area contributed by atoms with Gasteiger partial charge in [-0.2, -0.15) is 0 Å². The molecule has 2 rings (SSSR count). The van der Waals surface area contributed by atoms with Crippen molar-refractivity contribution in [3.63, 3.8) is 0 Å². The summed E-state index contributed by atoms with van der Waals surface area (Å²) < 4.78 is 9.98. The van der Waals surface area contributed by atoms with Crippen LogP contribution in [0.3, 0.4) is 0 Å². The van der Waals surface area contributed by atoms with Gasteiger partial charge in [0.2, 0.25) is 5.79 Å². The van der Waals surface area contributed by atoms with Crippen molar-refractivity contribution >= 4 is 11.9 Å². The van der Waals surface area contributed by atoms with E-state index in [1.54, 1.807) is 6.08 Å². The number of ether oxygens (including phenoxy) is 2. The maximum absolute atomic E-state index is 12.3. The van der Waals surface area contributed by atoms with Gasteiger partial charge in [-0.1, -0.05) is 36.4 Å². The van der Waals surface area contributed by atoms with E-state index in [-0.39, 0.29) is 17.3 Å². The first-order chi connectivity index (χ1) is 10.5. The number of rotatable bonds is 5. The second kappa shape index (κ2) is 6.60. The summed E-state index contributed by atoms with van der Waals surface area (Å²) in [6, 6.07) is 9.32. The standard InChI is InChI=1S/C17H18O5/c1-21-15-11-17(20,22-2)10-14(19)16(15)13(18)9-8-12-6-4-3-5-7-12/h3-11,16,19-20H,1-2H3/b9-8+. The zero-order chi connectivity index (χ0) is 16.2. The molecule has 1 aliphatic rings. The van der Waals surface area contributed by atoms with E-state index in [0.717, 1.165) is 11.6 Å². The van der Waals surface area contributed by atoms with Crippen molar-refractivity contribution in [2.45, 2.75) is 5.79 Å². The Balaban J connectivity index is 2.24. The number of carbonyl (C=O) groups excluding carboxylic acids is 1. The SMILES string of the molecule is COC1=CC(O)(OC)C=C(O)C1C(=O)/C=C/c1ccccc1. The van der Waals surface area contributed by atoms with Gasteiger partial charge < -0.3 is 19.7 Å². The van der Waals surface area contributed by atoms with Crippen LogP contribution in [0, 0.1) is 5.92 Å². The van der Waals surface area contributed by atoms with Crippen LogP contribution in [0.1, 0.15) is 5.56 Å². The number of hydrogen-bond acceptors (Lipinski definition) is 5. The molecule has 0 aromatic heterocycles. The van der Waals surface area contributed by atoms with Gasteiger partial charge in [0, 0.05) is 19.3 Å². The Morgan fingerprint density at radius 2 is 1.91 bits per heavy atom. The van der Waals surface area contributed by atoms with Crippen LogP contribution in [0.5, 0.6) is 0 Å². The molecule has 5 nitrogen and oxygen atoms in total. The monoisotopic (exact) mass is 302 g/mol. The molecular formula is C17H18O5. The Hall–Kier alpha value is -2.37. The lowest BCUT2D eigenvalue weighted by Gasteiger charge is -2.28. The van der Waals surface area contributed by atoms with Crippen molar-refractivity contribution in [2.24, 2.45) is 5.92 Å². The van der Waals surface area contributed by atoms with Gasteiger partial charge in [0.15, 0.2) is 5.78 Å². The van der Waals surface area contributed by atoms with E-state index >= 15 is 0 Å². The van der Waals surface area contributed by atoms with E-state index < -0.39 is 11.7 Å². The molecule has 1 aliphatic carbocycles. The highest BCUT2D eigenvalue weighted by Gasteiger charge is 2.37. The fourth-order valence-electron chi connectivity index (χ4n) is 2.19. The Kier molecular flexibility index (Phi) is 4.80. The summed E-state index contributed by atoms with van der Waals surface area (Å²) in [7, 11) is 2.65. The largest absolute Gasteiger partial charge is 0.511 e. The first-order valence-corrected chi connectivity index (χ1v) is 6.72. The third-order valence-corrected chi connectivity index (χ3v) is 3.37. The van der Waals surface area contributed by atoms with Gasteiger partial charge >= 0.3 is 0 Å². The van der Waals surface area contributed by atoms with Crippen molar-refractivity contribution < 1.29 is 24.5 Å². The van der Waals surface area contributed by atoms with E-state index in [2.05, 4.69) is 0 Å². The maximum atomic E-state index is 12.3. The summed E-state index contributed by atoms with van der Waals surface area (Å²) in [6.07, 6.45) is 5.36. The summed E-state index contributed by atoms with van der Waals surface area (Å²) in [6.45, 7) is 0. The lowest BCUT2D eigenvalue weighted by molar-refractivity contribution is -0.122. The summed E-state index contributed by atoms with van der Waals surface area (Å²) >= 11 is 0. The molecule has 5 heteroatoms. The van der Waals surface area contributed by atoms with Crippen molar-refractivity contribution in [3.05, 3.63) is 65.6 Å². The second-order valence-electron chi connectivity index (χ2n) is 4.86. The Bertz CT molecular complexity index is 630. The van der Waals surface area contributed by atoms with E-state index in [1.807, 2.05) is 30.3 Å². The second-order valence-corrected chi connectivity index (χ2v) is 4.86. The predicted octanol–water partition coefficient (Wildman–Crippen LogP) is 2.21. The first-order valence-electron chi connectivity index (χ1n) is 6.72. The predicted molar refractivity (Wildman–Crippen MR) is 81.7 cm³/mol. The molecule has 0 heterocycles. The van der Waals surface area contributed by atoms with E-state index in [9.17, 15) is 15.0 Å². The van der Waals surface area contributed by atoms with Crippen LogP contribution in [0.2, 0.25) is 0 Å². The number of benzene rings is 1. The van der Waals surface area contributed by atoms with Crippen LogP contribution in [-0.4, -0.2) is 36.0 Å². The van der Waals surface area contributed by atoms with Crippen LogP contribution >= 0.6 is 0 Å². The number of methoxy groups -OCH3 is 2. The molecule has 0 saturated heterocycles. The highest BCUT2D eigenvalue weighted by Crippen LogP contribution is 2.31. The quantitative estimate of drug-likeness (QED) is 0.644. The Labute approximate surface area is 128 Å². The van der Waals surface area contributed by atoms with Crippen molar-refractivity contribution in [1.82, 2.24) is 0 Å². The summed E-state index contributed by atoms with van der Waals surface area (Å²) in [5.74, 6) is -3.31. The van der Waals surface area contributed by atoms with Crippen LogP contribution in [-0.2, 0) is 14.3 Å². The molecule has 116 valence electrons. The number of allylic oxidation sites excluding steroid dienone is 1. The molecule has 2 unspecified atom stereocenters. The van der Waals surface area contributed by atoms with Crippen LogP contribution in [0.25, 0.3) is 6.08 Å². The van der Waals surface area contributed by atoms with E-state index in [4.69, 9.17) is 9.47 Å². The average Bonchev–Trinajstić information content (AvgIpc) is 2.53. The number of aliphatic hydroxyl groups is 2. The molecule has 0 radical (unpaired) electrons. The number of hydrogen-bond donors (Lipinski definition) is 2. The normalized spacial score (nSPS) is 24.8. The smallest absolute Gasteiger partial charge is 0.212 e. The lowest BCUT2D eigenvalue weighted by Crippen LogP contribution is -2.34. The van der Waals surface area contributed by atoms with E-state index in [0.29, 0.717) is 0 Å². The fourth-order valence-corrected chi connectivity index (χ4v) is 2.19. The molecule has 2 N–H and O–H groups in total. The Morgan fingerprint density at radius 1 is 1.23 bits per heavy atom. The molecule has 1 aromatic carbocycles. The van der Waals surface area contributed by atoms with Crippen molar-refractivity contribution in [2.75, 3.05) is 14.2 Å². The molecule has 22 heavy (non-hydrogen) atoms. The van der Waals surface area contributed by atoms with Gasteiger partial charge in [-0.25, -0.2) is 0 Å². The van der Waals surface area contributed by atoms with Crippen LogP contribution < -0.4 is 0 Å². The summed E-state index contributed by atoms with van der Waals surface area (Å²) in [5.41, 5.74) is 0.867. The molecule has 0 saturated carbocycles. The molecule has 0 fully saturated rings. The highest BCUT2D eigenvalue weighted by atomic mass is 16.6. The van der Waals surface area contributed by atoms with Gasteiger partial charge in [0.1, 0.15) is 17.4 Å². The third kappa shape index (κ3) is 3.44. The first kappa shape index (κ1) is 16.0. The fraction of sp³-hybridized carbons (Fsp3) is 0.235. The maximum Gasteiger partial charge on any atom is 0.212 e. The van der Waals surface area contributed by atoms with Crippen LogP contribution in [0.15, 0.2) is 60.1 Å². The van der Waals surface area contributed by atoms with Crippen molar-refractivity contribution in [3.8, 4) is 0 Å². The molecule has 2 atom stereocenters. The minimum atomic E-state index is -1.78. The number of ketones is 1. The van der Waals surface area contributed by atoms with Gasteiger partial charge in [-0.05, 0) is 11.6 Å². The molecule has 0 bridgehead atoms. The van der Waals surface area contributed by atoms with Gasteiger partial charge in [-0.15, -0.1) is 0 Å². The zero-order valence-corrected chi connectivity index (χ0v) is 12.4. The number of carbonyl (C=O) groups is 1. The highest BCUT2D eigenvalue weighted by molar-refractivity contribution is 5.98. The van der Waals surface area contributed by atoms with Crippen molar-refractivity contribution in [1.29, 1.82) is 0 Å². The average molecular weight is 302 g/mol. The summed E-state index contributed by atoms with van der Waals surface area (Å²) in [4.78, 5) is 12.3. The topological polar surface area (TPSA) is 76.0 Å². The molecular weight excluding hydrogens is 284 g/mol. The minimum Gasteiger partial charge on any atom is -0.511 e. The third-order valence-electron chi connectivity index (χ3n) is 3.37. The van der Waals surface area contributed by atoms with E-state index in [1.165, 1.54) is 26.4 Å².